The number of sulfonamides is 1. The molecular weight excluding hydrogens is 469 g/mol. The largest absolute Gasteiger partial charge is 0.438 e. The lowest BCUT2D eigenvalue weighted by molar-refractivity contribution is 0.511. The van der Waals surface area contributed by atoms with Gasteiger partial charge in [0.2, 0.25) is 15.7 Å². The van der Waals surface area contributed by atoms with Crippen LogP contribution < -0.4 is 0 Å². The van der Waals surface area contributed by atoms with Gasteiger partial charge in [-0.2, -0.15) is 5.10 Å². The van der Waals surface area contributed by atoms with E-state index in [-0.39, 0.29) is 18.1 Å². The average Bonchev–Trinajstić information content (AvgIpc) is 3.48. The second kappa shape index (κ2) is 9.05. The molecule has 0 saturated heterocycles. The van der Waals surface area contributed by atoms with E-state index < -0.39 is 10.0 Å². The highest BCUT2D eigenvalue weighted by molar-refractivity contribution is 7.89. The Hall–Kier alpha value is -3.89. The van der Waals surface area contributed by atoms with Gasteiger partial charge in [-0.05, 0) is 30.3 Å². The number of aryl methyl sites for hydroxylation is 1. The summed E-state index contributed by atoms with van der Waals surface area (Å²) in [6.07, 6.45) is 3.17. The van der Waals surface area contributed by atoms with Gasteiger partial charge >= 0.3 is 0 Å². The fourth-order valence-corrected chi connectivity index (χ4v) is 4.52. The first kappa shape index (κ1) is 22.9. The monoisotopic (exact) mass is 491 g/mol. The van der Waals surface area contributed by atoms with Crippen molar-refractivity contribution in [1.82, 2.24) is 24.1 Å². The lowest BCUT2D eigenvalue weighted by Gasteiger charge is -2.10. The highest BCUT2D eigenvalue weighted by Gasteiger charge is 2.21. The number of nitrogens with zero attached hydrogens (tertiary/aromatic N) is 5. The molecule has 0 bridgehead atoms. The quantitative estimate of drug-likeness (QED) is 0.334. The third-order valence-electron chi connectivity index (χ3n) is 5.66. The van der Waals surface area contributed by atoms with Crippen molar-refractivity contribution in [3.05, 3.63) is 79.0 Å². The van der Waals surface area contributed by atoms with Crippen LogP contribution in [-0.2, 0) is 16.6 Å². The molecule has 0 radical (unpaired) electrons. The number of halogens is 1. The molecule has 178 valence electrons. The predicted molar refractivity (Wildman–Crippen MR) is 131 cm³/mol. The van der Waals surface area contributed by atoms with Crippen LogP contribution in [0.25, 0.3) is 44.9 Å². The average molecular weight is 492 g/mol. The molecule has 0 fully saturated rings. The Morgan fingerprint density at radius 1 is 0.971 bits per heavy atom. The molecule has 35 heavy (non-hydrogen) atoms. The number of hydrogen-bond acceptors (Lipinski definition) is 6. The van der Waals surface area contributed by atoms with Gasteiger partial charge in [-0.1, -0.05) is 30.3 Å². The van der Waals surface area contributed by atoms with Crippen LogP contribution >= 0.6 is 0 Å². The molecule has 3 aromatic heterocycles. The number of fused-ring (bicyclic) bond motifs is 1. The molecule has 0 spiro atoms. The van der Waals surface area contributed by atoms with Crippen LogP contribution in [0.5, 0.6) is 0 Å². The molecule has 0 aliphatic heterocycles. The van der Waals surface area contributed by atoms with Crippen LogP contribution in [0, 0.1) is 5.82 Å². The molecule has 0 amide bonds. The summed E-state index contributed by atoms with van der Waals surface area (Å²) in [5.41, 5.74) is 3.79. The van der Waals surface area contributed by atoms with Crippen molar-refractivity contribution < 1.29 is 17.2 Å². The van der Waals surface area contributed by atoms with E-state index in [4.69, 9.17) is 4.42 Å². The van der Waals surface area contributed by atoms with E-state index in [9.17, 15) is 12.8 Å². The summed E-state index contributed by atoms with van der Waals surface area (Å²) in [5, 5.41) is 5.33. The van der Waals surface area contributed by atoms with Gasteiger partial charge in [0.25, 0.3) is 0 Å². The van der Waals surface area contributed by atoms with Crippen molar-refractivity contribution in [2.24, 2.45) is 0 Å². The van der Waals surface area contributed by atoms with Crippen molar-refractivity contribution in [2.45, 2.75) is 6.54 Å². The first-order chi connectivity index (χ1) is 16.8. The molecule has 0 unspecified atom stereocenters. The minimum atomic E-state index is -3.41. The van der Waals surface area contributed by atoms with E-state index in [0.717, 1.165) is 5.56 Å². The lowest BCUT2D eigenvalue weighted by atomic mass is 10.0. The van der Waals surface area contributed by atoms with Gasteiger partial charge in [0, 0.05) is 37.0 Å². The summed E-state index contributed by atoms with van der Waals surface area (Å²) in [6.45, 7) is 0.142. The summed E-state index contributed by atoms with van der Waals surface area (Å²) in [5.74, 6) is 0.168. The first-order valence-electron chi connectivity index (χ1n) is 10.9. The smallest absolute Gasteiger partial charge is 0.230 e. The fraction of sp³-hybridized carbons (Fsp3) is 0.160. The van der Waals surface area contributed by atoms with Crippen LogP contribution in [0.4, 0.5) is 4.39 Å². The molecular formula is C25H22FN5O3S. The van der Waals surface area contributed by atoms with Crippen molar-refractivity contribution in [3.63, 3.8) is 0 Å². The van der Waals surface area contributed by atoms with Gasteiger partial charge in [-0.25, -0.2) is 27.1 Å². The molecule has 0 aliphatic carbocycles. The van der Waals surface area contributed by atoms with E-state index in [0.29, 0.717) is 39.4 Å². The summed E-state index contributed by atoms with van der Waals surface area (Å²) in [7, 11) is -0.425. The van der Waals surface area contributed by atoms with E-state index in [1.165, 1.54) is 36.9 Å². The zero-order chi connectivity index (χ0) is 24.6. The molecule has 2 aromatic carbocycles. The third-order valence-corrected chi connectivity index (χ3v) is 7.47. The van der Waals surface area contributed by atoms with Crippen LogP contribution in [0.2, 0.25) is 0 Å². The fourth-order valence-electron chi connectivity index (χ4n) is 3.74. The molecule has 5 aromatic rings. The molecule has 0 atom stereocenters. The standard InChI is InChI=1S/C25H22FN5O3S/c1-30(2)35(32,33)13-12-31-15-21(23(29-31)18-8-10-19(26)11-9-18)24-20-14-22(17-6-4-3-5-7-17)34-25(20)28-16-27-24/h3-11,14-16H,12-13H2,1-2H3. The molecule has 0 saturated carbocycles. The van der Waals surface area contributed by atoms with Gasteiger partial charge in [0.1, 0.15) is 23.6 Å². The van der Waals surface area contributed by atoms with Crippen molar-refractivity contribution in [2.75, 3.05) is 19.8 Å². The Morgan fingerprint density at radius 3 is 2.43 bits per heavy atom. The van der Waals surface area contributed by atoms with Gasteiger partial charge in [0.05, 0.1) is 23.4 Å². The summed E-state index contributed by atoms with van der Waals surface area (Å²) in [6, 6.07) is 17.5. The molecule has 8 nitrogen and oxygen atoms in total. The van der Waals surface area contributed by atoms with Gasteiger partial charge in [-0.3, -0.25) is 4.68 Å². The van der Waals surface area contributed by atoms with Crippen LogP contribution in [-0.4, -0.2) is 52.3 Å². The van der Waals surface area contributed by atoms with Crippen LogP contribution in [0.15, 0.2) is 77.6 Å². The third kappa shape index (κ3) is 4.58. The predicted octanol–water partition coefficient (Wildman–Crippen LogP) is 4.45. The SMILES string of the molecule is CN(C)S(=O)(=O)CCn1cc(-c2ncnc3oc(-c4ccccc4)cc23)c(-c2ccc(F)cc2)n1. The zero-order valence-corrected chi connectivity index (χ0v) is 19.9. The minimum Gasteiger partial charge on any atom is -0.438 e. The van der Waals surface area contributed by atoms with E-state index in [2.05, 4.69) is 15.1 Å². The first-order valence-corrected chi connectivity index (χ1v) is 12.5. The van der Waals surface area contributed by atoms with Crippen LogP contribution in [0.3, 0.4) is 0 Å². The summed E-state index contributed by atoms with van der Waals surface area (Å²) >= 11 is 0. The molecule has 0 aliphatic rings. The molecule has 3 heterocycles. The maximum absolute atomic E-state index is 13.6. The van der Waals surface area contributed by atoms with Crippen molar-refractivity contribution in [1.29, 1.82) is 0 Å². The molecule has 10 heteroatoms. The summed E-state index contributed by atoms with van der Waals surface area (Å²) in [4.78, 5) is 8.80. The Morgan fingerprint density at radius 2 is 1.71 bits per heavy atom. The van der Waals surface area contributed by atoms with E-state index in [1.54, 1.807) is 23.0 Å². The topological polar surface area (TPSA) is 94.1 Å². The number of furan rings is 1. The van der Waals surface area contributed by atoms with E-state index >= 15 is 0 Å². The van der Waals surface area contributed by atoms with Gasteiger partial charge < -0.3 is 4.42 Å². The van der Waals surface area contributed by atoms with Crippen molar-refractivity contribution in [3.8, 4) is 33.8 Å². The number of rotatable bonds is 7. The second-order valence-corrected chi connectivity index (χ2v) is 10.5. The highest BCUT2D eigenvalue weighted by Crippen LogP contribution is 2.36. The van der Waals surface area contributed by atoms with Gasteiger partial charge in [0.15, 0.2) is 0 Å². The highest BCUT2D eigenvalue weighted by atomic mass is 32.2. The Bertz CT molecular complexity index is 1590. The zero-order valence-electron chi connectivity index (χ0n) is 19.1. The molecule has 5 rings (SSSR count). The van der Waals surface area contributed by atoms with E-state index in [1.807, 2.05) is 36.4 Å². The number of benzene rings is 2. The minimum absolute atomic E-state index is 0.118. The van der Waals surface area contributed by atoms with Crippen molar-refractivity contribution >= 4 is 21.1 Å². The van der Waals surface area contributed by atoms with Crippen LogP contribution in [0.1, 0.15) is 0 Å². The van der Waals surface area contributed by atoms with Gasteiger partial charge in [-0.15, -0.1) is 0 Å². The Labute approximate surface area is 201 Å². The normalized spacial score (nSPS) is 12.0. The summed E-state index contributed by atoms with van der Waals surface area (Å²) < 4.78 is 46.9. The Balaban J connectivity index is 1.63. The maximum atomic E-state index is 13.6. The molecule has 0 N–H and O–H groups in total. The number of aromatic nitrogens is 4. The maximum Gasteiger partial charge on any atom is 0.230 e. The lowest BCUT2D eigenvalue weighted by Crippen LogP contribution is -2.27. The number of hydrogen-bond donors (Lipinski definition) is 0. The Kier molecular flexibility index (Phi) is 5.91. The second-order valence-electron chi connectivity index (χ2n) is 8.18.